The van der Waals surface area contributed by atoms with Crippen LogP contribution in [0.4, 0.5) is 5.82 Å². The number of nitrogens with one attached hydrogen (secondary N) is 1. The van der Waals surface area contributed by atoms with Gasteiger partial charge in [-0.3, -0.25) is 4.72 Å². The Morgan fingerprint density at radius 2 is 1.62 bits per heavy atom. The zero-order chi connectivity index (χ0) is 15.8. The van der Waals surface area contributed by atoms with E-state index in [9.17, 15) is 8.42 Å². The molecule has 0 unspecified atom stereocenters. The van der Waals surface area contributed by atoms with Crippen molar-refractivity contribution in [2.45, 2.75) is 25.7 Å². The van der Waals surface area contributed by atoms with Crippen LogP contribution in [0.5, 0.6) is 0 Å². The van der Waals surface area contributed by atoms with Crippen molar-refractivity contribution in [2.24, 2.45) is 0 Å². The number of nitrogens with zero attached hydrogens (tertiary/aromatic N) is 2. The van der Waals surface area contributed by atoms with E-state index in [1.165, 1.54) is 0 Å². The summed E-state index contributed by atoms with van der Waals surface area (Å²) in [4.78, 5) is 7.69. The van der Waals surface area contributed by atoms with Gasteiger partial charge < -0.3 is 0 Å². The van der Waals surface area contributed by atoms with E-state index in [0.29, 0.717) is 11.1 Å². The van der Waals surface area contributed by atoms with Crippen LogP contribution < -0.4 is 4.72 Å². The van der Waals surface area contributed by atoms with Crippen LogP contribution in [0.3, 0.4) is 0 Å². The summed E-state index contributed by atoms with van der Waals surface area (Å²) in [7, 11) is -3.81. The molecule has 1 heterocycles. The standard InChI is InChI=1S/C13H13Cl2N3O2S/c1-7-4-8(2)11(9(3)5-7)21(19,20)18-13-10(14)12(15)16-6-17-13/h4-6H,1-3H3,(H,16,17,18). The first-order valence-electron chi connectivity index (χ1n) is 5.99. The molecule has 1 aromatic carbocycles. The van der Waals surface area contributed by atoms with Gasteiger partial charge in [-0.1, -0.05) is 40.9 Å². The highest BCUT2D eigenvalue weighted by Crippen LogP contribution is 2.29. The van der Waals surface area contributed by atoms with Gasteiger partial charge >= 0.3 is 0 Å². The van der Waals surface area contributed by atoms with E-state index >= 15 is 0 Å². The molecule has 0 saturated heterocycles. The predicted molar refractivity (Wildman–Crippen MR) is 83.5 cm³/mol. The minimum absolute atomic E-state index is 0.0123. The van der Waals surface area contributed by atoms with E-state index < -0.39 is 10.0 Å². The van der Waals surface area contributed by atoms with E-state index in [4.69, 9.17) is 23.2 Å². The van der Waals surface area contributed by atoms with Gasteiger partial charge in [0.25, 0.3) is 10.0 Å². The molecule has 2 aromatic rings. The van der Waals surface area contributed by atoms with Crippen molar-refractivity contribution in [3.63, 3.8) is 0 Å². The second-order valence-corrected chi connectivity index (χ2v) is 7.02. The molecule has 0 amide bonds. The van der Waals surface area contributed by atoms with Crippen LogP contribution >= 0.6 is 23.2 Å². The Morgan fingerprint density at radius 1 is 1.05 bits per heavy atom. The molecule has 1 N–H and O–H groups in total. The van der Waals surface area contributed by atoms with Gasteiger partial charge in [-0.05, 0) is 31.9 Å². The molecule has 0 fully saturated rings. The minimum atomic E-state index is -3.81. The van der Waals surface area contributed by atoms with Crippen LogP contribution in [0.15, 0.2) is 23.4 Å². The third-order valence-electron chi connectivity index (χ3n) is 2.85. The molecule has 0 aliphatic heterocycles. The highest BCUT2D eigenvalue weighted by Gasteiger charge is 2.22. The number of rotatable bonds is 3. The Kier molecular flexibility index (Phi) is 4.41. The topological polar surface area (TPSA) is 72.0 Å². The molecular formula is C13H13Cl2N3O2S. The van der Waals surface area contributed by atoms with Crippen LogP contribution in [-0.4, -0.2) is 18.4 Å². The van der Waals surface area contributed by atoms with Crippen molar-refractivity contribution >= 4 is 39.0 Å². The fraction of sp³-hybridized carbons (Fsp3) is 0.231. The number of anilines is 1. The molecule has 5 nitrogen and oxygen atoms in total. The van der Waals surface area contributed by atoms with Crippen molar-refractivity contribution in [2.75, 3.05) is 4.72 Å². The highest BCUT2D eigenvalue weighted by molar-refractivity contribution is 7.92. The highest BCUT2D eigenvalue weighted by atomic mass is 35.5. The molecule has 21 heavy (non-hydrogen) atoms. The number of benzene rings is 1. The second-order valence-electron chi connectivity index (χ2n) is 4.66. The first-order chi connectivity index (χ1) is 9.72. The van der Waals surface area contributed by atoms with Gasteiger partial charge in [-0.2, -0.15) is 0 Å². The third-order valence-corrected chi connectivity index (χ3v) is 5.24. The van der Waals surface area contributed by atoms with E-state index in [-0.39, 0.29) is 20.9 Å². The summed E-state index contributed by atoms with van der Waals surface area (Å²) in [6.45, 7) is 5.39. The van der Waals surface area contributed by atoms with E-state index in [0.717, 1.165) is 11.9 Å². The van der Waals surface area contributed by atoms with Crippen molar-refractivity contribution in [1.29, 1.82) is 0 Å². The SMILES string of the molecule is Cc1cc(C)c(S(=O)(=O)Nc2ncnc(Cl)c2Cl)c(C)c1. The molecule has 1 aromatic heterocycles. The number of hydrogen-bond donors (Lipinski definition) is 1. The number of sulfonamides is 1. The average molecular weight is 346 g/mol. The smallest absolute Gasteiger partial charge is 0.262 e. The van der Waals surface area contributed by atoms with Crippen LogP contribution in [0.1, 0.15) is 16.7 Å². The molecule has 8 heteroatoms. The second kappa shape index (κ2) is 5.79. The minimum Gasteiger partial charge on any atom is -0.262 e. The summed E-state index contributed by atoms with van der Waals surface area (Å²) in [6, 6.07) is 3.60. The van der Waals surface area contributed by atoms with Gasteiger partial charge in [-0.25, -0.2) is 18.4 Å². The van der Waals surface area contributed by atoms with Gasteiger partial charge in [0.1, 0.15) is 11.3 Å². The van der Waals surface area contributed by atoms with E-state index in [1.807, 2.05) is 6.92 Å². The van der Waals surface area contributed by atoms with Crippen LogP contribution in [0.25, 0.3) is 0 Å². The van der Waals surface area contributed by atoms with Gasteiger partial charge in [-0.15, -0.1) is 0 Å². The lowest BCUT2D eigenvalue weighted by atomic mass is 10.1. The van der Waals surface area contributed by atoms with Crippen molar-refractivity contribution in [3.8, 4) is 0 Å². The molecule has 0 spiro atoms. The Labute approximate surface area is 133 Å². The van der Waals surface area contributed by atoms with Crippen molar-refractivity contribution < 1.29 is 8.42 Å². The van der Waals surface area contributed by atoms with Gasteiger partial charge in [0.05, 0.1) is 4.90 Å². The van der Waals surface area contributed by atoms with Crippen LogP contribution in [-0.2, 0) is 10.0 Å². The van der Waals surface area contributed by atoms with Crippen LogP contribution in [0, 0.1) is 20.8 Å². The first-order valence-corrected chi connectivity index (χ1v) is 8.23. The predicted octanol–water partition coefficient (Wildman–Crippen LogP) is 3.51. The largest absolute Gasteiger partial charge is 0.263 e. The monoisotopic (exact) mass is 345 g/mol. The quantitative estimate of drug-likeness (QED) is 0.864. The van der Waals surface area contributed by atoms with Crippen molar-refractivity contribution in [3.05, 3.63) is 45.3 Å². The average Bonchev–Trinajstić information content (AvgIpc) is 2.33. The number of aryl methyl sites for hydroxylation is 3. The zero-order valence-electron chi connectivity index (χ0n) is 11.6. The molecule has 0 saturated carbocycles. The van der Waals surface area contributed by atoms with Crippen LogP contribution in [0.2, 0.25) is 10.2 Å². The maximum absolute atomic E-state index is 12.5. The Balaban J connectivity index is 2.51. The lowest BCUT2D eigenvalue weighted by Crippen LogP contribution is -2.17. The van der Waals surface area contributed by atoms with E-state index in [1.54, 1.807) is 26.0 Å². The summed E-state index contributed by atoms with van der Waals surface area (Å²) in [6.07, 6.45) is 1.14. The first kappa shape index (κ1) is 16.0. The molecule has 112 valence electrons. The normalized spacial score (nSPS) is 11.5. The lowest BCUT2D eigenvalue weighted by molar-refractivity contribution is 0.600. The summed E-state index contributed by atoms with van der Waals surface area (Å²) < 4.78 is 27.4. The number of aromatic nitrogens is 2. The maximum atomic E-state index is 12.5. The number of hydrogen-bond acceptors (Lipinski definition) is 4. The number of halogens is 2. The molecule has 0 bridgehead atoms. The Bertz CT molecular complexity index is 784. The Morgan fingerprint density at radius 3 is 2.19 bits per heavy atom. The Hall–Kier alpha value is -1.37. The fourth-order valence-corrected chi connectivity index (χ4v) is 4.00. The molecule has 0 aliphatic rings. The summed E-state index contributed by atoms with van der Waals surface area (Å²) in [5.41, 5.74) is 2.29. The molecule has 0 atom stereocenters. The third kappa shape index (κ3) is 3.28. The van der Waals surface area contributed by atoms with Gasteiger partial charge in [0.15, 0.2) is 11.0 Å². The summed E-state index contributed by atoms with van der Waals surface area (Å²) in [5.74, 6) is -0.0453. The lowest BCUT2D eigenvalue weighted by Gasteiger charge is -2.14. The fourth-order valence-electron chi connectivity index (χ4n) is 2.19. The summed E-state index contributed by atoms with van der Waals surface area (Å²) in [5, 5.41) is -0.0492. The van der Waals surface area contributed by atoms with E-state index in [2.05, 4.69) is 14.7 Å². The maximum Gasteiger partial charge on any atom is 0.263 e. The molecule has 2 rings (SSSR count). The molecule has 0 aliphatic carbocycles. The zero-order valence-corrected chi connectivity index (χ0v) is 13.9. The van der Waals surface area contributed by atoms with Crippen molar-refractivity contribution in [1.82, 2.24) is 9.97 Å². The molecular weight excluding hydrogens is 333 g/mol. The van der Waals surface area contributed by atoms with Gasteiger partial charge in [0.2, 0.25) is 0 Å². The summed E-state index contributed by atoms with van der Waals surface area (Å²) >= 11 is 11.7. The van der Waals surface area contributed by atoms with Gasteiger partial charge in [0, 0.05) is 0 Å². The molecule has 0 radical (unpaired) electrons.